The fourth-order valence-corrected chi connectivity index (χ4v) is 3.82. The highest BCUT2D eigenvalue weighted by molar-refractivity contribution is 5.77. The molecule has 3 fully saturated rings. The minimum atomic E-state index is 0.399. The summed E-state index contributed by atoms with van der Waals surface area (Å²) in [6.07, 6.45) is 6.75. The SMILES string of the molecule is CC(CC(=O)N(CC1CCOC1)C1CC1)C1CCNCC1. The molecule has 4 nitrogen and oxygen atoms in total. The molecule has 4 heteroatoms. The van der Waals surface area contributed by atoms with Crippen molar-refractivity contribution < 1.29 is 9.53 Å². The van der Waals surface area contributed by atoms with E-state index in [1.165, 1.54) is 25.7 Å². The van der Waals surface area contributed by atoms with Gasteiger partial charge in [-0.2, -0.15) is 0 Å². The lowest BCUT2D eigenvalue weighted by molar-refractivity contribution is -0.133. The van der Waals surface area contributed by atoms with E-state index in [1.807, 2.05) is 0 Å². The van der Waals surface area contributed by atoms with E-state index in [1.54, 1.807) is 0 Å². The van der Waals surface area contributed by atoms with Crippen molar-refractivity contribution in [1.29, 1.82) is 0 Å². The number of hydrogen-bond acceptors (Lipinski definition) is 3. The molecule has 1 amide bonds. The van der Waals surface area contributed by atoms with Crippen molar-refractivity contribution in [2.24, 2.45) is 17.8 Å². The summed E-state index contributed by atoms with van der Waals surface area (Å²) >= 11 is 0. The average molecular weight is 294 g/mol. The molecule has 0 aromatic heterocycles. The third-order valence-corrected chi connectivity index (χ3v) is 5.47. The number of nitrogens with one attached hydrogen (secondary N) is 1. The molecule has 2 unspecified atom stereocenters. The van der Waals surface area contributed by atoms with Gasteiger partial charge >= 0.3 is 0 Å². The minimum absolute atomic E-state index is 0.399. The molecule has 3 rings (SSSR count). The molecular weight excluding hydrogens is 264 g/mol. The van der Waals surface area contributed by atoms with Gasteiger partial charge in [-0.1, -0.05) is 6.92 Å². The zero-order valence-electron chi connectivity index (χ0n) is 13.4. The van der Waals surface area contributed by atoms with Gasteiger partial charge in [0.2, 0.25) is 5.91 Å². The zero-order chi connectivity index (χ0) is 14.7. The van der Waals surface area contributed by atoms with Crippen LogP contribution >= 0.6 is 0 Å². The van der Waals surface area contributed by atoms with Crippen molar-refractivity contribution in [3.05, 3.63) is 0 Å². The molecule has 0 radical (unpaired) electrons. The topological polar surface area (TPSA) is 41.6 Å². The van der Waals surface area contributed by atoms with Crippen LogP contribution in [0.5, 0.6) is 0 Å². The Hall–Kier alpha value is -0.610. The van der Waals surface area contributed by atoms with E-state index in [0.717, 1.165) is 51.6 Å². The summed E-state index contributed by atoms with van der Waals surface area (Å²) in [5.74, 6) is 2.23. The van der Waals surface area contributed by atoms with Gasteiger partial charge in [-0.3, -0.25) is 4.79 Å². The lowest BCUT2D eigenvalue weighted by Gasteiger charge is -2.31. The first-order valence-electron chi connectivity index (χ1n) is 8.82. The van der Waals surface area contributed by atoms with Gasteiger partial charge in [0.15, 0.2) is 0 Å². The number of piperidine rings is 1. The van der Waals surface area contributed by atoms with Crippen molar-refractivity contribution in [2.75, 3.05) is 32.8 Å². The first kappa shape index (κ1) is 15.3. The second kappa shape index (κ2) is 7.10. The summed E-state index contributed by atoms with van der Waals surface area (Å²) in [6.45, 7) is 7.17. The van der Waals surface area contributed by atoms with Crippen molar-refractivity contribution in [3.8, 4) is 0 Å². The minimum Gasteiger partial charge on any atom is -0.381 e. The van der Waals surface area contributed by atoms with Gasteiger partial charge < -0.3 is 15.0 Å². The normalized spacial score (nSPS) is 28.5. The average Bonchev–Trinajstić information content (AvgIpc) is 3.21. The molecule has 1 aliphatic carbocycles. The maximum Gasteiger partial charge on any atom is 0.223 e. The molecule has 2 atom stereocenters. The Bertz CT molecular complexity index is 345. The highest BCUT2D eigenvalue weighted by Gasteiger charge is 2.35. The molecule has 2 saturated heterocycles. The van der Waals surface area contributed by atoms with Crippen molar-refractivity contribution in [2.45, 2.75) is 51.5 Å². The van der Waals surface area contributed by atoms with E-state index >= 15 is 0 Å². The van der Waals surface area contributed by atoms with Gasteiger partial charge in [0.25, 0.3) is 0 Å². The van der Waals surface area contributed by atoms with E-state index in [2.05, 4.69) is 17.1 Å². The van der Waals surface area contributed by atoms with Crippen LogP contribution in [0.15, 0.2) is 0 Å². The van der Waals surface area contributed by atoms with Gasteiger partial charge in [0, 0.05) is 31.5 Å². The Balaban J connectivity index is 1.50. The Morgan fingerprint density at radius 3 is 2.62 bits per heavy atom. The number of ether oxygens (including phenoxy) is 1. The van der Waals surface area contributed by atoms with Crippen molar-refractivity contribution >= 4 is 5.91 Å². The molecule has 21 heavy (non-hydrogen) atoms. The summed E-state index contributed by atoms with van der Waals surface area (Å²) in [4.78, 5) is 14.9. The van der Waals surface area contributed by atoms with Crippen LogP contribution in [0.1, 0.15) is 45.4 Å². The molecule has 0 aromatic rings. The van der Waals surface area contributed by atoms with Gasteiger partial charge in [-0.15, -0.1) is 0 Å². The fourth-order valence-electron chi connectivity index (χ4n) is 3.82. The van der Waals surface area contributed by atoms with Crippen LogP contribution in [-0.2, 0) is 9.53 Å². The third kappa shape index (κ3) is 4.19. The number of nitrogens with zero attached hydrogens (tertiary/aromatic N) is 1. The smallest absolute Gasteiger partial charge is 0.223 e. The highest BCUT2D eigenvalue weighted by Crippen LogP contribution is 2.31. The van der Waals surface area contributed by atoms with E-state index < -0.39 is 0 Å². The van der Waals surface area contributed by atoms with Crippen molar-refractivity contribution in [1.82, 2.24) is 10.2 Å². The maximum absolute atomic E-state index is 12.7. The van der Waals surface area contributed by atoms with Crippen LogP contribution in [0.25, 0.3) is 0 Å². The van der Waals surface area contributed by atoms with Crippen LogP contribution in [0.2, 0.25) is 0 Å². The van der Waals surface area contributed by atoms with Gasteiger partial charge in [0.05, 0.1) is 6.61 Å². The Labute approximate surface area is 128 Å². The third-order valence-electron chi connectivity index (χ3n) is 5.47. The number of carbonyl (C=O) groups is 1. The quantitative estimate of drug-likeness (QED) is 0.815. The summed E-state index contributed by atoms with van der Waals surface area (Å²) in [5, 5.41) is 3.41. The van der Waals surface area contributed by atoms with Crippen LogP contribution in [-0.4, -0.2) is 49.7 Å². The molecule has 0 bridgehead atoms. The predicted molar refractivity (Wildman–Crippen MR) is 83.0 cm³/mol. The number of rotatable bonds is 6. The standard InChI is InChI=1S/C17H30N2O2/c1-13(15-4-7-18-8-5-15)10-17(20)19(16-2-3-16)11-14-6-9-21-12-14/h13-16,18H,2-12H2,1H3. The van der Waals surface area contributed by atoms with Crippen LogP contribution in [0.3, 0.4) is 0 Å². The fraction of sp³-hybridized carbons (Fsp3) is 0.941. The van der Waals surface area contributed by atoms with E-state index in [-0.39, 0.29) is 0 Å². The van der Waals surface area contributed by atoms with Crippen LogP contribution in [0, 0.1) is 17.8 Å². The largest absolute Gasteiger partial charge is 0.381 e. The second-order valence-electron chi connectivity index (χ2n) is 7.28. The second-order valence-corrected chi connectivity index (χ2v) is 7.28. The van der Waals surface area contributed by atoms with Crippen LogP contribution in [0.4, 0.5) is 0 Å². The van der Waals surface area contributed by atoms with Gasteiger partial charge in [-0.25, -0.2) is 0 Å². The Kier molecular flexibility index (Phi) is 5.17. The lowest BCUT2D eigenvalue weighted by atomic mass is 9.84. The molecule has 2 aliphatic heterocycles. The molecule has 0 spiro atoms. The summed E-state index contributed by atoms with van der Waals surface area (Å²) in [7, 11) is 0. The van der Waals surface area contributed by atoms with E-state index in [0.29, 0.717) is 23.8 Å². The molecule has 120 valence electrons. The molecule has 0 aromatic carbocycles. The summed E-state index contributed by atoms with van der Waals surface area (Å²) in [6, 6.07) is 0.540. The highest BCUT2D eigenvalue weighted by atomic mass is 16.5. The predicted octanol–water partition coefficient (Wildman–Crippen LogP) is 2.04. The molecule has 1 N–H and O–H groups in total. The molecule has 3 aliphatic rings. The zero-order valence-corrected chi connectivity index (χ0v) is 13.4. The Morgan fingerprint density at radius 1 is 1.24 bits per heavy atom. The number of hydrogen-bond donors (Lipinski definition) is 1. The van der Waals surface area contributed by atoms with E-state index in [4.69, 9.17) is 4.74 Å². The first-order valence-corrected chi connectivity index (χ1v) is 8.82. The monoisotopic (exact) mass is 294 g/mol. The Morgan fingerprint density at radius 2 is 2.00 bits per heavy atom. The molecule has 1 saturated carbocycles. The van der Waals surface area contributed by atoms with E-state index in [9.17, 15) is 4.79 Å². The van der Waals surface area contributed by atoms with Gasteiger partial charge in [-0.05, 0) is 57.0 Å². The number of carbonyl (C=O) groups excluding carboxylic acids is 1. The molecule has 2 heterocycles. The maximum atomic E-state index is 12.7. The first-order chi connectivity index (χ1) is 10.2. The number of amides is 1. The van der Waals surface area contributed by atoms with Gasteiger partial charge in [0.1, 0.15) is 0 Å². The summed E-state index contributed by atoms with van der Waals surface area (Å²) in [5.41, 5.74) is 0. The molecular formula is C17H30N2O2. The summed E-state index contributed by atoms with van der Waals surface area (Å²) < 4.78 is 5.47. The van der Waals surface area contributed by atoms with Crippen LogP contribution < -0.4 is 5.32 Å². The lowest BCUT2D eigenvalue weighted by Crippen LogP contribution is -2.39. The van der Waals surface area contributed by atoms with Crippen molar-refractivity contribution in [3.63, 3.8) is 0 Å².